The van der Waals surface area contributed by atoms with Crippen molar-refractivity contribution < 1.29 is 33.5 Å². The maximum absolute atomic E-state index is 14.8. The van der Waals surface area contributed by atoms with Gasteiger partial charge in [0.2, 0.25) is 23.5 Å². The molecule has 298 valence electrons. The van der Waals surface area contributed by atoms with Crippen molar-refractivity contribution >= 4 is 52.4 Å². The van der Waals surface area contributed by atoms with Crippen molar-refractivity contribution in [2.75, 3.05) is 25.0 Å². The second kappa shape index (κ2) is 17.7. The molecule has 2 aliphatic heterocycles. The Kier molecular flexibility index (Phi) is 13.6. The number of anilines is 1. The molecule has 0 unspecified atom stereocenters. The van der Waals surface area contributed by atoms with Crippen LogP contribution in [0.2, 0.25) is 5.02 Å². The smallest absolute Gasteiger partial charge is 0.289 e. The van der Waals surface area contributed by atoms with Crippen molar-refractivity contribution in [3.8, 4) is 5.75 Å². The van der Waals surface area contributed by atoms with Gasteiger partial charge < -0.3 is 35.7 Å². The minimum absolute atomic E-state index is 0.0118. The lowest BCUT2D eigenvalue weighted by Gasteiger charge is -2.36. The van der Waals surface area contributed by atoms with Gasteiger partial charge in [0.15, 0.2) is 5.60 Å². The number of ketones is 1. The zero-order chi connectivity index (χ0) is 39.2. The summed E-state index contributed by atoms with van der Waals surface area (Å²) in [6, 6.07) is 0.517. The molecule has 5 rings (SSSR count). The quantitative estimate of drug-likeness (QED) is 0.165. The molecular formula is C40H59ClN6O7. The number of amides is 4. The van der Waals surface area contributed by atoms with E-state index in [9.17, 15) is 24.0 Å². The number of likely N-dealkylation sites (tertiary alicyclic amines) is 1. The lowest BCUT2D eigenvalue weighted by molar-refractivity contribution is -0.145. The standard InChI is InChI=1S/C40H59ClN6O7/c1-7-13-28(34(49)37(51)43-25-16-17-25)44-36(50)31-22-40(21-30(46-54-40)26-19-27(41)32(53-9-3)20-29(26)42-8-2)23-47(31)38(52)35(39(4,5)6)45-33(48)18-24-14-11-10-12-15-24/h19-20,24-25,28,31,35,42H,7-18,21-23H2,1-6H3,(H,43,51)(H,44,50)(H,45,48)/t28-,31-,35+,40+/m0/s1. The highest BCUT2D eigenvalue weighted by Gasteiger charge is 2.56. The number of hydrogen-bond donors (Lipinski definition) is 4. The third-order valence-electron chi connectivity index (χ3n) is 10.8. The van der Waals surface area contributed by atoms with Gasteiger partial charge in [-0.05, 0) is 63.4 Å². The van der Waals surface area contributed by atoms with Crippen molar-refractivity contribution in [2.24, 2.45) is 16.5 Å². The Bertz CT molecular complexity index is 1600. The highest BCUT2D eigenvalue weighted by atomic mass is 35.5. The van der Waals surface area contributed by atoms with Gasteiger partial charge in [0.1, 0.15) is 17.8 Å². The summed E-state index contributed by atoms with van der Waals surface area (Å²) in [6.07, 6.45) is 8.47. The monoisotopic (exact) mass is 770 g/mol. The van der Waals surface area contributed by atoms with Crippen LogP contribution in [0.4, 0.5) is 5.69 Å². The second-order valence-electron chi connectivity index (χ2n) is 16.5. The van der Waals surface area contributed by atoms with Crippen LogP contribution in [0, 0.1) is 11.3 Å². The molecule has 13 nitrogen and oxygen atoms in total. The molecular weight excluding hydrogens is 712 g/mol. The number of oxime groups is 1. The van der Waals surface area contributed by atoms with Gasteiger partial charge in [-0.1, -0.05) is 70.1 Å². The predicted octanol–water partition coefficient (Wildman–Crippen LogP) is 5.27. The number of benzene rings is 1. The van der Waals surface area contributed by atoms with E-state index < -0.39 is 52.6 Å². The Labute approximate surface area is 324 Å². The number of halogens is 1. The summed E-state index contributed by atoms with van der Waals surface area (Å²) in [6.45, 7) is 12.5. The van der Waals surface area contributed by atoms with E-state index in [0.717, 1.165) is 44.2 Å². The lowest BCUT2D eigenvalue weighted by Crippen LogP contribution is -2.59. The predicted molar refractivity (Wildman–Crippen MR) is 207 cm³/mol. The molecule has 4 aliphatic rings. The maximum Gasteiger partial charge on any atom is 0.289 e. The molecule has 0 bridgehead atoms. The summed E-state index contributed by atoms with van der Waals surface area (Å²) in [5.41, 5.74) is 0.280. The van der Waals surface area contributed by atoms with Crippen LogP contribution in [0.3, 0.4) is 0 Å². The highest BCUT2D eigenvalue weighted by molar-refractivity contribution is 6.38. The fourth-order valence-corrected chi connectivity index (χ4v) is 8.04. The lowest BCUT2D eigenvalue weighted by atomic mass is 9.84. The first-order valence-corrected chi connectivity index (χ1v) is 20.3. The van der Waals surface area contributed by atoms with E-state index >= 15 is 0 Å². The third-order valence-corrected chi connectivity index (χ3v) is 11.1. The van der Waals surface area contributed by atoms with Gasteiger partial charge in [0.05, 0.1) is 29.9 Å². The number of nitrogens with one attached hydrogen (secondary N) is 4. The molecule has 1 aromatic carbocycles. The van der Waals surface area contributed by atoms with E-state index in [1.807, 2.05) is 47.6 Å². The van der Waals surface area contributed by atoms with Crippen molar-refractivity contribution in [3.63, 3.8) is 0 Å². The summed E-state index contributed by atoms with van der Waals surface area (Å²) >= 11 is 6.63. The molecule has 1 aromatic rings. The SMILES string of the molecule is CCC[C@H](NC(=O)[C@@H]1C[C@]2(CC(c3cc(Cl)c(OCC)cc3NCC)=NO2)CN1C(=O)[C@@H](NC(=O)CC1CCCCC1)C(C)(C)C)C(=O)C(=O)NC1CC1. The largest absolute Gasteiger partial charge is 0.492 e. The van der Waals surface area contributed by atoms with Gasteiger partial charge in [0.25, 0.3) is 5.91 Å². The number of carbonyl (C=O) groups is 5. The second-order valence-corrected chi connectivity index (χ2v) is 16.9. The number of hydrogen-bond acceptors (Lipinski definition) is 9. The minimum Gasteiger partial charge on any atom is -0.492 e. The molecule has 0 radical (unpaired) electrons. The van der Waals surface area contributed by atoms with Gasteiger partial charge in [-0.2, -0.15) is 0 Å². The Morgan fingerprint density at radius 3 is 2.39 bits per heavy atom. The molecule has 2 aliphatic carbocycles. The topological polar surface area (TPSA) is 168 Å². The van der Waals surface area contributed by atoms with E-state index in [0.29, 0.717) is 48.0 Å². The van der Waals surface area contributed by atoms with Crippen LogP contribution in [-0.4, -0.2) is 89.5 Å². The summed E-state index contributed by atoms with van der Waals surface area (Å²) in [4.78, 5) is 76.3. The molecule has 2 saturated carbocycles. The van der Waals surface area contributed by atoms with E-state index in [4.69, 9.17) is 21.2 Å². The van der Waals surface area contributed by atoms with Crippen LogP contribution >= 0.6 is 11.6 Å². The van der Waals surface area contributed by atoms with Crippen LogP contribution in [0.1, 0.15) is 124 Å². The molecule has 4 N–H and O–H groups in total. The van der Waals surface area contributed by atoms with Gasteiger partial charge in [-0.15, -0.1) is 0 Å². The average molecular weight is 771 g/mol. The Hall–Kier alpha value is -3.87. The van der Waals surface area contributed by atoms with E-state index in [1.54, 1.807) is 6.07 Å². The molecule has 54 heavy (non-hydrogen) atoms. The van der Waals surface area contributed by atoms with Crippen LogP contribution in [0.5, 0.6) is 5.75 Å². The Balaban J connectivity index is 1.42. The average Bonchev–Trinajstić information content (AvgIpc) is 3.72. The molecule has 4 amide bonds. The zero-order valence-corrected chi connectivity index (χ0v) is 33.5. The summed E-state index contributed by atoms with van der Waals surface area (Å²) in [7, 11) is 0. The number of nitrogens with zero attached hydrogens (tertiary/aromatic N) is 2. The molecule has 1 saturated heterocycles. The molecule has 14 heteroatoms. The molecule has 2 heterocycles. The first-order chi connectivity index (χ1) is 25.7. The van der Waals surface area contributed by atoms with Crippen molar-refractivity contribution in [3.05, 3.63) is 22.7 Å². The van der Waals surface area contributed by atoms with E-state index in [1.165, 1.54) is 11.3 Å². The summed E-state index contributed by atoms with van der Waals surface area (Å²) in [5, 5.41) is 16.9. The van der Waals surface area contributed by atoms with Gasteiger partial charge in [0, 0.05) is 49.2 Å². The van der Waals surface area contributed by atoms with Crippen LogP contribution in [0.25, 0.3) is 0 Å². The Morgan fingerprint density at radius 1 is 1.04 bits per heavy atom. The van der Waals surface area contributed by atoms with Crippen molar-refractivity contribution in [2.45, 2.75) is 148 Å². The molecule has 1 spiro atoms. The number of ether oxygens (including phenoxy) is 1. The van der Waals surface area contributed by atoms with Crippen LogP contribution < -0.4 is 26.0 Å². The first-order valence-electron chi connectivity index (χ1n) is 19.9. The maximum atomic E-state index is 14.8. The van der Waals surface area contributed by atoms with Crippen molar-refractivity contribution in [1.82, 2.24) is 20.9 Å². The van der Waals surface area contributed by atoms with Gasteiger partial charge in [-0.3, -0.25) is 24.0 Å². The Morgan fingerprint density at radius 2 is 1.76 bits per heavy atom. The van der Waals surface area contributed by atoms with E-state index in [-0.39, 0.29) is 43.7 Å². The zero-order valence-electron chi connectivity index (χ0n) is 32.8. The fraction of sp³-hybridized carbons (Fsp3) is 0.700. The molecule has 3 fully saturated rings. The number of Topliss-reactive ketones (excluding diaryl/α,β-unsaturated/α-hetero) is 1. The van der Waals surface area contributed by atoms with Crippen LogP contribution in [0.15, 0.2) is 17.3 Å². The van der Waals surface area contributed by atoms with Gasteiger partial charge in [-0.25, -0.2) is 0 Å². The number of rotatable bonds is 16. The molecule has 0 aromatic heterocycles. The summed E-state index contributed by atoms with van der Waals surface area (Å²) in [5.74, 6) is -1.80. The molecule has 4 atom stereocenters. The highest BCUT2D eigenvalue weighted by Crippen LogP contribution is 2.42. The normalized spacial score (nSPS) is 22.5. The number of carbonyl (C=O) groups excluding carboxylic acids is 5. The summed E-state index contributed by atoms with van der Waals surface area (Å²) < 4.78 is 5.73. The first kappa shape index (κ1) is 41.3. The van der Waals surface area contributed by atoms with Gasteiger partial charge >= 0.3 is 0 Å². The van der Waals surface area contributed by atoms with Crippen molar-refractivity contribution in [1.29, 1.82) is 0 Å². The minimum atomic E-state index is -1.08. The van der Waals surface area contributed by atoms with Crippen LogP contribution in [-0.2, 0) is 28.8 Å². The third kappa shape index (κ3) is 10.1. The fourth-order valence-electron chi connectivity index (χ4n) is 7.82. The van der Waals surface area contributed by atoms with E-state index in [2.05, 4.69) is 26.4 Å².